The van der Waals surface area contributed by atoms with Gasteiger partial charge in [0.25, 0.3) is 5.91 Å². The van der Waals surface area contributed by atoms with Crippen LogP contribution in [0, 0.1) is 0 Å². The Bertz CT molecular complexity index is 463. The second kappa shape index (κ2) is 6.52. The van der Waals surface area contributed by atoms with Gasteiger partial charge in [-0.25, -0.2) is 4.79 Å². The van der Waals surface area contributed by atoms with E-state index in [4.69, 9.17) is 4.42 Å². The van der Waals surface area contributed by atoms with Crippen LogP contribution in [-0.4, -0.2) is 37.0 Å². The molecule has 1 atom stereocenters. The second-order valence-corrected chi connectivity index (χ2v) is 4.88. The fourth-order valence-corrected chi connectivity index (χ4v) is 2.52. The minimum Gasteiger partial charge on any atom is -0.430 e. The van der Waals surface area contributed by atoms with Crippen molar-refractivity contribution in [1.82, 2.24) is 10.2 Å². The van der Waals surface area contributed by atoms with Crippen LogP contribution in [0.5, 0.6) is 0 Å². The summed E-state index contributed by atoms with van der Waals surface area (Å²) in [6.45, 7) is 1.69. The van der Waals surface area contributed by atoms with Gasteiger partial charge in [0.2, 0.25) is 0 Å². The van der Waals surface area contributed by atoms with Gasteiger partial charge in [0.1, 0.15) is 6.26 Å². The number of nitrogens with zero attached hydrogens (tertiary/aromatic N) is 1. The van der Waals surface area contributed by atoms with Gasteiger partial charge >= 0.3 is 5.63 Å². The Morgan fingerprint density at radius 2 is 2.32 bits per heavy atom. The Morgan fingerprint density at radius 3 is 3.00 bits per heavy atom. The number of carbonyl (C=O) groups is 1. The number of nitrogens with one attached hydrogen (secondary N) is 1. The first-order valence-corrected chi connectivity index (χ1v) is 6.77. The van der Waals surface area contributed by atoms with Crippen LogP contribution in [0.15, 0.2) is 27.6 Å². The van der Waals surface area contributed by atoms with E-state index in [0.717, 1.165) is 32.4 Å². The van der Waals surface area contributed by atoms with Crippen molar-refractivity contribution >= 4 is 5.91 Å². The van der Waals surface area contributed by atoms with Crippen LogP contribution in [-0.2, 0) is 0 Å². The van der Waals surface area contributed by atoms with E-state index in [1.54, 1.807) is 0 Å². The van der Waals surface area contributed by atoms with Gasteiger partial charge < -0.3 is 14.6 Å². The molecule has 1 N–H and O–H groups in total. The predicted octanol–water partition coefficient (Wildman–Crippen LogP) is 1.24. The van der Waals surface area contributed by atoms with E-state index >= 15 is 0 Å². The van der Waals surface area contributed by atoms with E-state index in [1.807, 2.05) is 11.9 Å². The van der Waals surface area contributed by atoms with Gasteiger partial charge in [0, 0.05) is 18.7 Å². The molecule has 0 saturated carbocycles. The van der Waals surface area contributed by atoms with Crippen LogP contribution in [0.2, 0.25) is 0 Å². The van der Waals surface area contributed by atoms with E-state index in [-0.39, 0.29) is 11.9 Å². The van der Waals surface area contributed by atoms with Crippen LogP contribution in [0.25, 0.3) is 0 Å². The standard InChI is InChI=1S/C14H20N2O3/c1-15-8-7-12-4-2-3-9-16(12)14(18)11-5-6-13(17)19-10-11/h5-6,10,12,15H,2-4,7-9H2,1H3. The van der Waals surface area contributed by atoms with E-state index in [0.29, 0.717) is 5.56 Å². The molecule has 2 heterocycles. The average molecular weight is 264 g/mol. The third-order valence-corrected chi connectivity index (χ3v) is 3.56. The van der Waals surface area contributed by atoms with Crippen molar-refractivity contribution < 1.29 is 9.21 Å². The molecule has 1 aromatic heterocycles. The van der Waals surface area contributed by atoms with Crippen molar-refractivity contribution in [3.8, 4) is 0 Å². The maximum absolute atomic E-state index is 12.4. The molecule has 0 radical (unpaired) electrons. The molecule has 1 unspecified atom stereocenters. The zero-order chi connectivity index (χ0) is 13.7. The highest BCUT2D eigenvalue weighted by molar-refractivity contribution is 5.94. The summed E-state index contributed by atoms with van der Waals surface area (Å²) >= 11 is 0. The summed E-state index contributed by atoms with van der Waals surface area (Å²) in [5.41, 5.74) is 0.0258. The Kier molecular flexibility index (Phi) is 4.74. The highest BCUT2D eigenvalue weighted by Crippen LogP contribution is 2.21. The fourth-order valence-electron chi connectivity index (χ4n) is 2.52. The molecule has 1 saturated heterocycles. The lowest BCUT2D eigenvalue weighted by Crippen LogP contribution is -2.44. The van der Waals surface area contributed by atoms with Gasteiger partial charge in [-0.15, -0.1) is 0 Å². The number of carbonyl (C=O) groups excluding carboxylic acids is 1. The molecule has 0 spiro atoms. The number of likely N-dealkylation sites (tertiary alicyclic amines) is 1. The molecule has 1 aliphatic rings. The predicted molar refractivity (Wildman–Crippen MR) is 72.2 cm³/mol. The summed E-state index contributed by atoms with van der Waals surface area (Å²) in [5.74, 6) is -0.0375. The van der Waals surface area contributed by atoms with Crippen molar-refractivity contribution in [2.75, 3.05) is 20.1 Å². The largest absolute Gasteiger partial charge is 0.430 e. The van der Waals surface area contributed by atoms with Crippen molar-refractivity contribution in [3.05, 3.63) is 34.4 Å². The lowest BCUT2D eigenvalue weighted by Gasteiger charge is -2.35. The minimum atomic E-state index is -0.429. The normalized spacial score (nSPS) is 19.4. The number of hydrogen-bond acceptors (Lipinski definition) is 4. The van der Waals surface area contributed by atoms with Crippen molar-refractivity contribution in [2.24, 2.45) is 0 Å². The van der Waals surface area contributed by atoms with E-state index in [1.165, 1.54) is 24.8 Å². The summed E-state index contributed by atoms with van der Waals surface area (Å²) in [6.07, 6.45) is 5.47. The number of hydrogen-bond donors (Lipinski definition) is 1. The van der Waals surface area contributed by atoms with E-state index < -0.39 is 5.63 Å². The minimum absolute atomic E-state index is 0.0375. The molecule has 1 fully saturated rings. The average Bonchev–Trinajstić information content (AvgIpc) is 2.45. The zero-order valence-corrected chi connectivity index (χ0v) is 11.2. The van der Waals surface area contributed by atoms with Crippen LogP contribution in [0.1, 0.15) is 36.0 Å². The first kappa shape index (κ1) is 13.8. The monoisotopic (exact) mass is 264 g/mol. The fraction of sp³-hybridized carbons (Fsp3) is 0.571. The summed E-state index contributed by atoms with van der Waals surface area (Å²) in [4.78, 5) is 25.3. The highest BCUT2D eigenvalue weighted by Gasteiger charge is 2.27. The molecular weight excluding hydrogens is 244 g/mol. The van der Waals surface area contributed by atoms with Crippen molar-refractivity contribution in [1.29, 1.82) is 0 Å². The Morgan fingerprint density at radius 1 is 1.47 bits per heavy atom. The first-order valence-electron chi connectivity index (χ1n) is 6.77. The molecule has 0 aromatic carbocycles. The summed E-state index contributed by atoms with van der Waals surface area (Å²) < 4.78 is 4.77. The van der Waals surface area contributed by atoms with Gasteiger partial charge in [-0.05, 0) is 45.3 Å². The van der Waals surface area contributed by atoms with Gasteiger partial charge in [0.15, 0.2) is 0 Å². The molecule has 1 amide bonds. The molecule has 5 heteroatoms. The second-order valence-electron chi connectivity index (χ2n) is 4.88. The number of amides is 1. The van der Waals surface area contributed by atoms with Crippen molar-refractivity contribution in [3.63, 3.8) is 0 Å². The SMILES string of the molecule is CNCCC1CCCCN1C(=O)c1ccc(=O)oc1. The molecule has 1 aliphatic heterocycles. The molecule has 1 aromatic rings. The van der Waals surface area contributed by atoms with Crippen LogP contribution in [0.4, 0.5) is 0 Å². The van der Waals surface area contributed by atoms with Gasteiger partial charge in [-0.1, -0.05) is 0 Å². The van der Waals surface area contributed by atoms with E-state index in [2.05, 4.69) is 5.32 Å². The van der Waals surface area contributed by atoms with Crippen LogP contribution >= 0.6 is 0 Å². The third kappa shape index (κ3) is 3.44. The van der Waals surface area contributed by atoms with Crippen LogP contribution < -0.4 is 10.9 Å². The topological polar surface area (TPSA) is 62.6 Å². The molecule has 0 aliphatic carbocycles. The van der Waals surface area contributed by atoms with Gasteiger partial charge in [0.05, 0.1) is 5.56 Å². The Labute approximate surface area is 112 Å². The van der Waals surface area contributed by atoms with Crippen LogP contribution in [0.3, 0.4) is 0 Å². The maximum Gasteiger partial charge on any atom is 0.335 e. The molecule has 104 valence electrons. The lowest BCUT2D eigenvalue weighted by atomic mass is 9.98. The smallest absolute Gasteiger partial charge is 0.335 e. The molecule has 19 heavy (non-hydrogen) atoms. The summed E-state index contributed by atoms with van der Waals surface area (Å²) in [6, 6.07) is 3.11. The summed E-state index contributed by atoms with van der Waals surface area (Å²) in [7, 11) is 1.92. The first-order chi connectivity index (χ1) is 9.22. The quantitative estimate of drug-likeness (QED) is 0.889. The Hall–Kier alpha value is -1.62. The molecule has 5 nitrogen and oxygen atoms in total. The van der Waals surface area contributed by atoms with Gasteiger partial charge in [-0.2, -0.15) is 0 Å². The molecule has 2 rings (SSSR count). The zero-order valence-electron chi connectivity index (χ0n) is 11.2. The number of piperidine rings is 1. The summed E-state index contributed by atoms with van der Waals surface area (Å²) in [5, 5.41) is 3.12. The highest BCUT2D eigenvalue weighted by atomic mass is 16.4. The Balaban J connectivity index is 2.10. The number of rotatable bonds is 4. The molecule has 0 bridgehead atoms. The third-order valence-electron chi connectivity index (χ3n) is 3.56. The van der Waals surface area contributed by atoms with Crippen molar-refractivity contribution in [2.45, 2.75) is 31.7 Å². The van der Waals surface area contributed by atoms with Gasteiger partial charge in [-0.3, -0.25) is 4.79 Å². The maximum atomic E-state index is 12.4. The van der Waals surface area contributed by atoms with E-state index in [9.17, 15) is 9.59 Å². The lowest BCUT2D eigenvalue weighted by molar-refractivity contribution is 0.0600. The molecular formula is C14H20N2O3.